The Balaban J connectivity index is 2.01. The van der Waals surface area contributed by atoms with Gasteiger partial charge in [-0.05, 0) is 36.8 Å². The van der Waals surface area contributed by atoms with Crippen LogP contribution in [0.4, 0.5) is 0 Å². The van der Waals surface area contributed by atoms with E-state index in [2.05, 4.69) is 48.3 Å². The van der Waals surface area contributed by atoms with Crippen molar-refractivity contribution >= 4 is 21.9 Å². The van der Waals surface area contributed by atoms with Crippen LogP contribution in [0.25, 0.3) is 33.2 Å². The Morgan fingerprint density at radius 2 is 1.85 bits per heavy atom. The number of hydrogen-bond donors (Lipinski definition) is 0. The summed E-state index contributed by atoms with van der Waals surface area (Å²) in [4.78, 5) is 4.39. The highest BCUT2D eigenvalue weighted by Gasteiger charge is 2.09. The topological polar surface area (TPSA) is 26.0 Å². The maximum absolute atomic E-state index is 6.02. The Morgan fingerprint density at radius 3 is 2.70 bits per heavy atom. The fourth-order valence-electron chi connectivity index (χ4n) is 2.63. The zero-order chi connectivity index (χ0) is 13.5. The molecule has 0 aliphatic carbocycles. The van der Waals surface area contributed by atoms with Crippen LogP contribution >= 0.6 is 0 Å². The van der Waals surface area contributed by atoms with Crippen molar-refractivity contribution in [3.8, 4) is 11.3 Å². The summed E-state index contributed by atoms with van der Waals surface area (Å²) < 4.78 is 6.02. The lowest BCUT2D eigenvalue weighted by atomic mass is 10.1. The Kier molecular flexibility index (Phi) is 2.36. The molecule has 4 aromatic rings. The number of aryl methyl sites for hydroxylation is 1. The van der Waals surface area contributed by atoms with Gasteiger partial charge in [-0.25, -0.2) is 0 Å². The highest BCUT2D eigenvalue weighted by molar-refractivity contribution is 6.06. The maximum Gasteiger partial charge on any atom is 0.138 e. The molecule has 0 spiro atoms. The van der Waals surface area contributed by atoms with E-state index in [0.29, 0.717) is 0 Å². The molecular formula is C18H13NO. The van der Waals surface area contributed by atoms with Crippen LogP contribution in [-0.4, -0.2) is 4.98 Å². The number of fused-ring (bicyclic) bond motifs is 3. The first kappa shape index (κ1) is 11.2. The van der Waals surface area contributed by atoms with Gasteiger partial charge in [0.1, 0.15) is 11.2 Å². The molecule has 0 saturated heterocycles. The van der Waals surface area contributed by atoms with E-state index in [4.69, 9.17) is 4.42 Å². The summed E-state index contributed by atoms with van der Waals surface area (Å²) in [6, 6.07) is 18.5. The number of furan rings is 1. The first-order chi connectivity index (χ1) is 9.83. The quantitative estimate of drug-likeness (QED) is 0.483. The van der Waals surface area contributed by atoms with E-state index in [-0.39, 0.29) is 0 Å². The van der Waals surface area contributed by atoms with Gasteiger partial charge in [-0.1, -0.05) is 30.3 Å². The van der Waals surface area contributed by atoms with Crippen molar-refractivity contribution < 1.29 is 4.42 Å². The molecule has 0 amide bonds. The molecule has 0 unspecified atom stereocenters. The molecule has 2 heteroatoms. The van der Waals surface area contributed by atoms with Gasteiger partial charge in [0, 0.05) is 22.5 Å². The third-order valence-corrected chi connectivity index (χ3v) is 3.66. The highest BCUT2D eigenvalue weighted by Crippen LogP contribution is 2.32. The normalized spacial score (nSPS) is 11.2. The molecule has 2 aromatic carbocycles. The number of benzene rings is 2. The average molecular weight is 259 g/mol. The summed E-state index contributed by atoms with van der Waals surface area (Å²) >= 11 is 0. The minimum atomic E-state index is 0.914. The lowest BCUT2D eigenvalue weighted by Crippen LogP contribution is -1.80. The zero-order valence-electron chi connectivity index (χ0n) is 11.1. The van der Waals surface area contributed by atoms with E-state index in [1.54, 1.807) is 0 Å². The molecule has 0 N–H and O–H groups in total. The van der Waals surface area contributed by atoms with Gasteiger partial charge >= 0.3 is 0 Å². The number of para-hydroxylation sites is 1. The van der Waals surface area contributed by atoms with Crippen LogP contribution in [-0.2, 0) is 0 Å². The number of rotatable bonds is 1. The number of hydrogen-bond acceptors (Lipinski definition) is 2. The molecule has 0 atom stereocenters. The zero-order valence-corrected chi connectivity index (χ0v) is 11.1. The van der Waals surface area contributed by atoms with Crippen LogP contribution in [0.3, 0.4) is 0 Å². The second-order valence-electron chi connectivity index (χ2n) is 4.98. The molecule has 20 heavy (non-hydrogen) atoms. The molecular weight excluding hydrogens is 246 g/mol. The van der Waals surface area contributed by atoms with E-state index < -0.39 is 0 Å². The third-order valence-electron chi connectivity index (χ3n) is 3.66. The number of nitrogens with zero attached hydrogens (tertiary/aromatic N) is 1. The van der Waals surface area contributed by atoms with Crippen molar-refractivity contribution in [3.63, 3.8) is 0 Å². The molecule has 0 radical (unpaired) electrons. The van der Waals surface area contributed by atoms with Crippen molar-refractivity contribution in [2.24, 2.45) is 0 Å². The Hall–Kier alpha value is -2.61. The van der Waals surface area contributed by atoms with Crippen LogP contribution < -0.4 is 0 Å². The van der Waals surface area contributed by atoms with Crippen molar-refractivity contribution in [3.05, 3.63) is 66.4 Å². The standard InChI is InChI=1S/C18H13NO/c1-12-5-4-6-15-14-9-8-13(11-17(14)20-18(12)15)16-7-2-3-10-19-16/h2-11H,1H3. The van der Waals surface area contributed by atoms with Gasteiger partial charge in [-0.15, -0.1) is 0 Å². The van der Waals surface area contributed by atoms with Gasteiger partial charge in [0.05, 0.1) is 5.69 Å². The largest absolute Gasteiger partial charge is 0.456 e. The molecule has 2 heterocycles. The van der Waals surface area contributed by atoms with E-state index in [1.165, 1.54) is 5.39 Å². The lowest BCUT2D eigenvalue weighted by Gasteiger charge is -1.99. The summed E-state index contributed by atoms with van der Waals surface area (Å²) in [6.07, 6.45) is 1.81. The predicted molar refractivity (Wildman–Crippen MR) is 81.7 cm³/mol. The molecule has 4 rings (SSSR count). The molecule has 0 fully saturated rings. The average Bonchev–Trinajstić information content (AvgIpc) is 2.87. The van der Waals surface area contributed by atoms with Crippen molar-refractivity contribution in [1.82, 2.24) is 4.98 Å². The van der Waals surface area contributed by atoms with E-state index >= 15 is 0 Å². The summed E-state index contributed by atoms with van der Waals surface area (Å²) in [5.41, 5.74) is 5.09. The second-order valence-corrected chi connectivity index (χ2v) is 4.98. The Morgan fingerprint density at radius 1 is 0.900 bits per heavy atom. The lowest BCUT2D eigenvalue weighted by molar-refractivity contribution is 0.666. The monoisotopic (exact) mass is 259 g/mol. The first-order valence-corrected chi connectivity index (χ1v) is 6.66. The fraction of sp³-hybridized carbons (Fsp3) is 0.0556. The van der Waals surface area contributed by atoms with Crippen molar-refractivity contribution in [1.29, 1.82) is 0 Å². The van der Waals surface area contributed by atoms with Gasteiger partial charge in [0.2, 0.25) is 0 Å². The van der Waals surface area contributed by atoms with Crippen LogP contribution in [0.1, 0.15) is 5.56 Å². The Labute approximate surface area is 116 Å². The van der Waals surface area contributed by atoms with Crippen LogP contribution in [0.2, 0.25) is 0 Å². The smallest absolute Gasteiger partial charge is 0.138 e. The van der Waals surface area contributed by atoms with Gasteiger partial charge in [-0.3, -0.25) is 4.98 Å². The van der Waals surface area contributed by atoms with Gasteiger partial charge in [0.25, 0.3) is 0 Å². The maximum atomic E-state index is 6.02. The Bertz CT molecular complexity index is 907. The summed E-state index contributed by atoms with van der Waals surface area (Å²) in [7, 11) is 0. The molecule has 2 nitrogen and oxygen atoms in total. The molecule has 2 aromatic heterocycles. The molecule has 96 valence electrons. The van der Waals surface area contributed by atoms with Gasteiger partial charge in [-0.2, -0.15) is 0 Å². The predicted octanol–water partition coefficient (Wildman–Crippen LogP) is 4.96. The summed E-state index contributed by atoms with van der Waals surface area (Å²) in [5.74, 6) is 0. The fourth-order valence-corrected chi connectivity index (χ4v) is 2.63. The molecule has 0 bridgehead atoms. The summed E-state index contributed by atoms with van der Waals surface area (Å²) in [5, 5.41) is 2.33. The SMILES string of the molecule is Cc1cccc2c1oc1cc(-c3ccccn3)ccc12. The minimum absolute atomic E-state index is 0.914. The van der Waals surface area contributed by atoms with Crippen molar-refractivity contribution in [2.45, 2.75) is 6.92 Å². The summed E-state index contributed by atoms with van der Waals surface area (Å²) in [6.45, 7) is 2.07. The second kappa shape index (κ2) is 4.20. The van der Waals surface area contributed by atoms with Crippen LogP contribution in [0, 0.1) is 6.92 Å². The number of aromatic nitrogens is 1. The third kappa shape index (κ3) is 1.62. The molecule has 0 saturated carbocycles. The van der Waals surface area contributed by atoms with Gasteiger partial charge in [0.15, 0.2) is 0 Å². The minimum Gasteiger partial charge on any atom is -0.456 e. The highest BCUT2D eigenvalue weighted by atomic mass is 16.3. The first-order valence-electron chi connectivity index (χ1n) is 6.66. The molecule has 0 aliphatic heterocycles. The van der Waals surface area contributed by atoms with E-state index in [0.717, 1.165) is 33.4 Å². The van der Waals surface area contributed by atoms with Crippen LogP contribution in [0.15, 0.2) is 65.2 Å². The van der Waals surface area contributed by atoms with Gasteiger partial charge < -0.3 is 4.42 Å². The number of pyridine rings is 1. The van der Waals surface area contributed by atoms with Crippen molar-refractivity contribution in [2.75, 3.05) is 0 Å². The van der Waals surface area contributed by atoms with E-state index in [9.17, 15) is 0 Å². The van der Waals surface area contributed by atoms with Crippen LogP contribution in [0.5, 0.6) is 0 Å². The molecule has 0 aliphatic rings. The van der Waals surface area contributed by atoms with E-state index in [1.807, 2.05) is 24.4 Å².